The van der Waals surface area contributed by atoms with Crippen molar-refractivity contribution in [1.82, 2.24) is 31.1 Å². The van der Waals surface area contributed by atoms with Gasteiger partial charge in [-0.1, -0.05) is 59.8 Å². The molecule has 3 amide bonds. The van der Waals surface area contributed by atoms with E-state index < -0.39 is 138 Å². The summed E-state index contributed by atoms with van der Waals surface area (Å²) in [7, 11) is 2.74. The van der Waals surface area contributed by atoms with Gasteiger partial charge in [0.2, 0.25) is 17.6 Å². The summed E-state index contributed by atoms with van der Waals surface area (Å²) >= 11 is 0. The van der Waals surface area contributed by atoms with Crippen molar-refractivity contribution in [2.24, 2.45) is 35.3 Å². The maximum absolute atomic E-state index is 15.0. The molecule has 1 aromatic carbocycles. The second-order valence-electron chi connectivity index (χ2n) is 21.5. The number of nitrogens with zero attached hydrogens (tertiary/aromatic N) is 2. The molecule has 5 aliphatic rings. The van der Waals surface area contributed by atoms with Crippen molar-refractivity contribution in [3.8, 4) is 11.5 Å². The summed E-state index contributed by atoms with van der Waals surface area (Å²) in [5.41, 5.74) is 5.26. The van der Waals surface area contributed by atoms with Gasteiger partial charge in [0.05, 0.1) is 60.2 Å². The molecule has 22 nitrogen and oxygen atoms in total. The van der Waals surface area contributed by atoms with E-state index in [4.69, 9.17) is 29.4 Å². The standard InChI is InChI=1S/C54H77N7O15/c1-26(2)23-61-19-17-54(18-20-61)58-41-38-39-45(67)32(8)49-40(38)50(69)53(10,76-49)73-21-16-35(72-12)29(5)48(74-33(9)63)31(7)44(66)30(6)47(75-37(65)24-60(11)36(64)22-56-52(71)34(55)25-62)27(3)14-13-15-28(4)51(70)57-43(46(39)68)42(41)59-54/h13-16,21,26-27,29-31,34-35,41,44,47-48,58-59,62,66-67H,17-20,22-25,55H2,1-12H3,(H,56,71)(H,57,70)/b14-13+,21-16+,28-15-/t27-,29+,30-,31+,34-,35-,41?,44+,47-,48+,53-/m0/s1. The van der Waals surface area contributed by atoms with Gasteiger partial charge in [-0.3, -0.25) is 38.9 Å². The number of amides is 3. The van der Waals surface area contributed by atoms with E-state index in [1.165, 1.54) is 60.3 Å². The van der Waals surface area contributed by atoms with Crippen LogP contribution in [0, 0.1) is 36.5 Å². The minimum Gasteiger partial charge on any atom is -0.507 e. The van der Waals surface area contributed by atoms with Crippen molar-refractivity contribution < 1.29 is 72.6 Å². The number of benzene rings is 1. The van der Waals surface area contributed by atoms with Crippen LogP contribution in [0.25, 0.3) is 0 Å². The fourth-order valence-corrected chi connectivity index (χ4v) is 10.8. The van der Waals surface area contributed by atoms with Gasteiger partial charge in [-0.15, -0.1) is 0 Å². The lowest BCUT2D eigenvalue weighted by molar-refractivity contribution is -0.166. The Balaban J connectivity index is 1.42. The number of ether oxygens (including phenoxy) is 5. The number of hydrogen-bond acceptors (Lipinski definition) is 19. The number of rotatable bonds is 11. The van der Waals surface area contributed by atoms with Gasteiger partial charge < -0.3 is 70.5 Å². The first-order valence-electron chi connectivity index (χ1n) is 25.9. The number of aliphatic hydroxyl groups is 2. The molecule has 0 radical (unpaired) electrons. The number of aliphatic hydroxyl groups excluding tert-OH is 2. The number of phenols is 1. The summed E-state index contributed by atoms with van der Waals surface area (Å²) in [5, 5.41) is 45.7. The molecule has 76 heavy (non-hydrogen) atoms. The number of nitrogens with one attached hydrogen (secondary N) is 4. The van der Waals surface area contributed by atoms with E-state index in [0.29, 0.717) is 37.5 Å². The highest BCUT2D eigenvalue weighted by Crippen LogP contribution is 2.53. The highest BCUT2D eigenvalue weighted by molar-refractivity contribution is 6.19. The van der Waals surface area contributed by atoms with Crippen molar-refractivity contribution in [2.75, 3.05) is 53.5 Å². The number of methoxy groups -OCH3 is 1. The Morgan fingerprint density at radius 2 is 1.66 bits per heavy atom. The molecule has 1 unspecified atom stereocenters. The molecule has 1 spiro atoms. The van der Waals surface area contributed by atoms with Crippen LogP contribution >= 0.6 is 0 Å². The predicted molar refractivity (Wildman–Crippen MR) is 276 cm³/mol. The molecule has 4 aliphatic heterocycles. The van der Waals surface area contributed by atoms with E-state index in [1.54, 1.807) is 39.8 Å². The van der Waals surface area contributed by atoms with Gasteiger partial charge in [-0.05, 0) is 38.7 Å². The Morgan fingerprint density at radius 3 is 2.28 bits per heavy atom. The lowest BCUT2D eigenvalue weighted by atomic mass is 9.78. The maximum atomic E-state index is 15.0. The van der Waals surface area contributed by atoms with Gasteiger partial charge >= 0.3 is 17.7 Å². The molecule has 4 heterocycles. The Labute approximate surface area is 443 Å². The number of likely N-dealkylation sites (N-methyl/N-ethyl adjacent to an activating group) is 1. The summed E-state index contributed by atoms with van der Waals surface area (Å²) in [5.74, 6) is -10.1. The third kappa shape index (κ3) is 12.3. The average Bonchev–Trinajstić information content (AvgIpc) is 3.87. The van der Waals surface area contributed by atoms with Gasteiger partial charge in [0.1, 0.15) is 42.0 Å². The zero-order valence-corrected chi connectivity index (χ0v) is 45.6. The SMILES string of the molecule is CO[C@H]1/C=C/O[C@@]2(C)Oc3c(C)c(O)c4c(c3C2=O)C2NC3(CCN(CC(C)C)CC3)NC2=C(NC(=O)/C(C)=C\C=C\[C@H](C)[C@H](OC(=O)CN(C)C(=O)CNC(=O)[C@@H](N)CO)[C@@H](C)[C@@H](O)[C@@H](C)[C@H](OC(C)=O)[C@@H]1C)C4=O. The van der Waals surface area contributed by atoms with Gasteiger partial charge in [0.25, 0.3) is 11.7 Å². The Morgan fingerprint density at radius 1 is 1.00 bits per heavy atom. The first-order valence-corrected chi connectivity index (χ1v) is 25.9. The molecule has 22 heteroatoms. The number of likely N-dealkylation sites (tertiary alicyclic amines) is 1. The molecule has 2 fully saturated rings. The molecule has 2 saturated heterocycles. The number of hydrogen-bond donors (Lipinski definition) is 8. The van der Waals surface area contributed by atoms with E-state index in [9.17, 15) is 48.9 Å². The molecule has 1 aromatic rings. The largest absolute Gasteiger partial charge is 0.507 e. The van der Waals surface area contributed by atoms with E-state index >= 15 is 0 Å². The third-order valence-corrected chi connectivity index (χ3v) is 15.2. The lowest BCUT2D eigenvalue weighted by Crippen LogP contribution is -2.56. The number of piperidine rings is 1. The summed E-state index contributed by atoms with van der Waals surface area (Å²) in [4.78, 5) is 98.9. The lowest BCUT2D eigenvalue weighted by Gasteiger charge is -2.40. The van der Waals surface area contributed by atoms with Gasteiger partial charge in [0.15, 0.2) is 0 Å². The van der Waals surface area contributed by atoms with E-state index in [0.717, 1.165) is 11.4 Å². The zero-order valence-electron chi connectivity index (χ0n) is 45.6. The Bertz CT molecular complexity index is 2570. The van der Waals surface area contributed by atoms with Crippen molar-refractivity contribution in [3.63, 3.8) is 0 Å². The van der Waals surface area contributed by atoms with Crippen LogP contribution < -0.4 is 31.7 Å². The fourth-order valence-electron chi connectivity index (χ4n) is 10.8. The first-order chi connectivity index (χ1) is 35.7. The van der Waals surface area contributed by atoms with Crippen molar-refractivity contribution in [3.05, 3.63) is 69.8 Å². The quantitative estimate of drug-likeness (QED) is 0.147. The second kappa shape index (κ2) is 24.0. The van der Waals surface area contributed by atoms with Gasteiger partial charge in [-0.2, -0.15) is 0 Å². The number of Topliss-reactive ketones (excluding diaryl/α,β-unsaturated/α-hetero) is 2. The number of allylic oxidation sites excluding steroid dienone is 3. The van der Waals surface area contributed by atoms with Crippen molar-refractivity contribution >= 4 is 41.2 Å². The maximum Gasteiger partial charge on any atom is 0.325 e. The third-order valence-electron chi connectivity index (χ3n) is 15.2. The van der Waals surface area contributed by atoms with Crippen LogP contribution in [0.4, 0.5) is 0 Å². The Kier molecular flexibility index (Phi) is 18.7. The molecular weight excluding hydrogens is 987 g/mol. The number of carbonyl (C=O) groups excluding carboxylic acids is 7. The minimum atomic E-state index is -2.02. The number of phenolic OH excluding ortho intramolecular Hbond substituents is 1. The monoisotopic (exact) mass is 1060 g/mol. The average molecular weight is 1060 g/mol. The fraction of sp³-hybridized carbons (Fsp3) is 0.611. The number of ketones is 2. The van der Waals surface area contributed by atoms with E-state index in [2.05, 4.69) is 40.0 Å². The van der Waals surface area contributed by atoms with Crippen molar-refractivity contribution in [2.45, 2.75) is 130 Å². The van der Waals surface area contributed by atoms with Crippen molar-refractivity contribution in [1.29, 1.82) is 0 Å². The minimum absolute atomic E-state index is 0.0236. The summed E-state index contributed by atoms with van der Waals surface area (Å²) in [6.07, 6.45) is 4.27. The van der Waals surface area contributed by atoms with Crippen LogP contribution in [0.1, 0.15) is 113 Å². The number of aromatic hydroxyl groups is 1. The summed E-state index contributed by atoms with van der Waals surface area (Å²) in [6.45, 7) is 17.3. The highest BCUT2D eigenvalue weighted by Gasteiger charge is 2.56. The molecule has 1 aliphatic carbocycles. The van der Waals surface area contributed by atoms with Gasteiger partial charge in [0, 0.05) is 88.0 Å². The van der Waals surface area contributed by atoms with Gasteiger partial charge in [-0.25, -0.2) is 0 Å². The topological polar surface area (TPSA) is 307 Å². The first kappa shape index (κ1) is 59.1. The van der Waals surface area contributed by atoms with Crippen LogP contribution in [-0.4, -0.2) is 162 Å². The molecule has 418 valence electrons. The van der Waals surface area contributed by atoms with Crippen LogP contribution in [0.5, 0.6) is 11.5 Å². The number of nitrogens with two attached hydrogens (primary N) is 1. The number of esters is 2. The zero-order chi connectivity index (χ0) is 56.3. The predicted octanol–water partition coefficient (Wildman–Crippen LogP) is 1.90. The van der Waals surface area contributed by atoms with Crippen LogP contribution in [0.2, 0.25) is 0 Å². The molecule has 11 atom stereocenters. The highest BCUT2D eigenvalue weighted by atomic mass is 16.7. The molecule has 0 saturated carbocycles. The smallest absolute Gasteiger partial charge is 0.325 e. The number of carbonyl (C=O) groups is 7. The normalized spacial score (nSPS) is 30.7. The van der Waals surface area contributed by atoms with E-state index in [-0.39, 0.29) is 39.3 Å². The summed E-state index contributed by atoms with van der Waals surface area (Å²) in [6, 6.07) is -2.15. The summed E-state index contributed by atoms with van der Waals surface area (Å²) < 4.78 is 30.3. The Hall–Kier alpha value is -6.17. The molecule has 9 N–H and O–H groups in total. The van der Waals surface area contributed by atoms with Crippen LogP contribution in [0.3, 0.4) is 0 Å². The second-order valence-corrected chi connectivity index (χ2v) is 21.5. The van der Waals surface area contributed by atoms with Crippen LogP contribution in [0.15, 0.2) is 47.5 Å². The molecule has 6 rings (SSSR count). The molecule has 0 aromatic heterocycles. The van der Waals surface area contributed by atoms with E-state index in [1.807, 2.05) is 0 Å². The number of fused-ring (bicyclic) bond motifs is 3. The molecular formula is C54H77N7O15. The molecule has 5 bridgehead atoms. The van der Waals surface area contributed by atoms with Crippen LogP contribution in [-0.2, 0) is 42.9 Å².